The van der Waals surface area contributed by atoms with Crippen LogP contribution in [0, 0.1) is 0 Å². The smallest absolute Gasteiger partial charge is 0.166 e. The van der Waals surface area contributed by atoms with Crippen LogP contribution in [0.1, 0.15) is 88.0 Å². The van der Waals surface area contributed by atoms with Crippen LogP contribution in [0.4, 0.5) is 13.2 Å². The summed E-state index contributed by atoms with van der Waals surface area (Å²) >= 11 is 0. The van der Waals surface area contributed by atoms with E-state index in [0.29, 0.717) is 0 Å². The lowest BCUT2D eigenvalue weighted by Crippen LogP contribution is -2.13. The van der Waals surface area contributed by atoms with E-state index in [-0.39, 0.29) is 17.8 Å². The Balaban J connectivity index is 3.64. The molecule has 114 valence electrons. The van der Waals surface area contributed by atoms with Gasteiger partial charge in [0.2, 0.25) is 0 Å². The zero-order valence-corrected chi connectivity index (χ0v) is 13.2. The minimum atomic E-state index is -4.28. The van der Waals surface area contributed by atoms with E-state index in [1.54, 1.807) is 0 Å². The van der Waals surface area contributed by atoms with Gasteiger partial charge in [-0.1, -0.05) is 41.5 Å². The molecule has 1 rings (SSSR count). The maximum atomic E-state index is 13.1. The third-order valence-corrected chi connectivity index (χ3v) is 3.92. The number of alkyl halides is 3. The van der Waals surface area contributed by atoms with E-state index in [9.17, 15) is 13.2 Å². The minimum Gasteiger partial charge on any atom is -0.166 e. The summed E-state index contributed by atoms with van der Waals surface area (Å²) < 4.78 is 39.3. The van der Waals surface area contributed by atoms with E-state index < -0.39 is 11.7 Å². The number of hydrogen-bond acceptors (Lipinski definition) is 0. The predicted octanol–water partition coefficient (Wildman–Crippen LogP) is 6.47. The van der Waals surface area contributed by atoms with Crippen molar-refractivity contribution >= 4 is 0 Å². The zero-order chi connectivity index (χ0) is 15.7. The third-order valence-electron chi connectivity index (χ3n) is 3.92. The van der Waals surface area contributed by atoms with Crippen LogP contribution in [0.25, 0.3) is 0 Å². The van der Waals surface area contributed by atoms with Gasteiger partial charge >= 0.3 is 6.18 Å². The summed E-state index contributed by atoms with van der Waals surface area (Å²) in [5.74, 6) is 0.477. The van der Waals surface area contributed by atoms with Gasteiger partial charge in [0, 0.05) is 0 Å². The standard InChI is InChI=1S/C17H25F3/c1-7-12(6)16-14(10(2)3)8-13(17(18,19)20)9-15(16)11(4)5/h8-12H,7H2,1-6H3. The molecule has 0 heterocycles. The van der Waals surface area contributed by atoms with Crippen molar-refractivity contribution in [2.24, 2.45) is 0 Å². The second-order valence-corrected chi connectivity index (χ2v) is 6.18. The normalized spacial score (nSPS) is 14.2. The number of hydrogen-bond donors (Lipinski definition) is 0. The van der Waals surface area contributed by atoms with E-state index in [4.69, 9.17) is 0 Å². The van der Waals surface area contributed by atoms with Crippen LogP contribution in [0.2, 0.25) is 0 Å². The second kappa shape index (κ2) is 6.19. The highest BCUT2D eigenvalue weighted by atomic mass is 19.4. The molecule has 1 aromatic rings. The molecular formula is C17H25F3. The van der Waals surface area contributed by atoms with Crippen molar-refractivity contribution in [3.05, 3.63) is 34.4 Å². The van der Waals surface area contributed by atoms with Gasteiger partial charge in [0.25, 0.3) is 0 Å². The van der Waals surface area contributed by atoms with Crippen LogP contribution in [-0.2, 0) is 6.18 Å². The molecule has 0 N–H and O–H groups in total. The average Bonchev–Trinajstić information content (AvgIpc) is 2.34. The molecule has 0 saturated heterocycles. The Labute approximate surface area is 120 Å². The van der Waals surface area contributed by atoms with Gasteiger partial charge in [-0.2, -0.15) is 13.2 Å². The Kier molecular flexibility index (Phi) is 5.28. The molecule has 20 heavy (non-hydrogen) atoms. The molecule has 0 saturated carbocycles. The van der Waals surface area contributed by atoms with Crippen molar-refractivity contribution in [2.45, 2.75) is 71.9 Å². The first-order chi connectivity index (χ1) is 9.09. The Morgan fingerprint density at radius 2 is 1.30 bits per heavy atom. The van der Waals surface area contributed by atoms with Crippen molar-refractivity contribution in [2.75, 3.05) is 0 Å². The summed E-state index contributed by atoms with van der Waals surface area (Å²) in [5.41, 5.74) is 2.29. The van der Waals surface area contributed by atoms with Gasteiger partial charge < -0.3 is 0 Å². The van der Waals surface area contributed by atoms with Crippen molar-refractivity contribution in [1.29, 1.82) is 0 Å². The molecule has 0 amide bonds. The zero-order valence-electron chi connectivity index (χ0n) is 13.2. The van der Waals surface area contributed by atoms with Crippen LogP contribution < -0.4 is 0 Å². The molecule has 1 aromatic carbocycles. The molecule has 0 spiro atoms. The van der Waals surface area contributed by atoms with Crippen LogP contribution in [0.5, 0.6) is 0 Å². The van der Waals surface area contributed by atoms with E-state index in [0.717, 1.165) is 23.1 Å². The molecule has 0 fully saturated rings. The van der Waals surface area contributed by atoms with E-state index in [1.165, 1.54) is 12.1 Å². The van der Waals surface area contributed by atoms with Crippen LogP contribution in [0.3, 0.4) is 0 Å². The number of rotatable bonds is 4. The lowest BCUT2D eigenvalue weighted by atomic mass is 9.80. The Morgan fingerprint density at radius 1 is 0.900 bits per heavy atom. The summed E-state index contributed by atoms with van der Waals surface area (Å²) in [5, 5.41) is 0. The molecule has 1 unspecified atom stereocenters. The summed E-state index contributed by atoms with van der Waals surface area (Å²) in [6, 6.07) is 2.69. The highest BCUT2D eigenvalue weighted by Gasteiger charge is 2.33. The molecule has 1 atom stereocenters. The summed E-state index contributed by atoms with van der Waals surface area (Å²) in [7, 11) is 0. The molecule has 0 radical (unpaired) electrons. The first-order valence-electron chi connectivity index (χ1n) is 7.34. The van der Waals surface area contributed by atoms with Crippen LogP contribution in [0.15, 0.2) is 12.1 Å². The lowest BCUT2D eigenvalue weighted by molar-refractivity contribution is -0.137. The average molecular weight is 286 g/mol. The summed E-state index contributed by atoms with van der Waals surface area (Å²) in [6.07, 6.45) is -3.34. The monoisotopic (exact) mass is 286 g/mol. The Bertz CT molecular complexity index is 427. The maximum absolute atomic E-state index is 13.1. The van der Waals surface area contributed by atoms with Gasteiger partial charge in [0.1, 0.15) is 0 Å². The van der Waals surface area contributed by atoms with Crippen LogP contribution >= 0.6 is 0 Å². The van der Waals surface area contributed by atoms with Gasteiger partial charge in [0.15, 0.2) is 0 Å². The van der Waals surface area contributed by atoms with Gasteiger partial charge in [-0.05, 0) is 53.0 Å². The predicted molar refractivity (Wildman–Crippen MR) is 78.3 cm³/mol. The van der Waals surface area contributed by atoms with Gasteiger partial charge in [0.05, 0.1) is 5.56 Å². The van der Waals surface area contributed by atoms with Gasteiger partial charge in [-0.25, -0.2) is 0 Å². The van der Waals surface area contributed by atoms with Crippen molar-refractivity contribution < 1.29 is 13.2 Å². The third kappa shape index (κ3) is 3.56. The summed E-state index contributed by atoms with van der Waals surface area (Å²) in [4.78, 5) is 0. The van der Waals surface area contributed by atoms with Crippen molar-refractivity contribution in [3.8, 4) is 0 Å². The first kappa shape index (κ1) is 17.1. The second-order valence-electron chi connectivity index (χ2n) is 6.18. The highest BCUT2D eigenvalue weighted by Crippen LogP contribution is 2.40. The first-order valence-corrected chi connectivity index (χ1v) is 7.34. The van der Waals surface area contributed by atoms with Crippen LogP contribution in [-0.4, -0.2) is 0 Å². The SMILES string of the molecule is CCC(C)c1c(C(C)C)cc(C(F)(F)F)cc1C(C)C. The number of benzene rings is 1. The number of halogens is 3. The quantitative estimate of drug-likeness (QED) is 0.595. The van der Waals surface area contributed by atoms with Crippen molar-refractivity contribution in [1.82, 2.24) is 0 Å². The fourth-order valence-corrected chi connectivity index (χ4v) is 2.59. The molecular weight excluding hydrogens is 261 g/mol. The van der Waals surface area contributed by atoms with Gasteiger partial charge in [-0.15, -0.1) is 0 Å². The van der Waals surface area contributed by atoms with Crippen molar-refractivity contribution in [3.63, 3.8) is 0 Å². The highest BCUT2D eigenvalue weighted by molar-refractivity contribution is 5.45. The molecule has 0 aliphatic carbocycles. The molecule has 0 aromatic heterocycles. The summed E-state index contributed by atoms with van der Waals surface area (Å²) in [6.45, 7) is 12.0. The fourth-order valence-electron chi connectivity index (χ4n) is 2.59. The largest absolute Gasteiger partial charge is 0.416 e. The fraction of sp³-hybridized carbons (Fsp3) is 0.647. The molecule has 3 heteroatoms. The molecule has 0 nitrogen and oxygen atoms in total. The van der Waals surface area contributed by atoms with E-state index >= 15 is 0 Å². The van der Waals surface area contributed by atoms with E-state index in [2.05, 4.69) is 13.8 Å². The molecule has 0 aliphatic heterocycles. The Morgan fingerprint density at radius 3 is 1.55 bits per heavy atom. The van der Waals surface area contributed by atoms with E-state index in [1.807, 2.05) is 27.7 Å². The maximum Gasteiger partial charge on any atom is 0.416 e. The van der Waals surface area contributed by atoms with Gasteiger partial charge in [-0.3, -0.25) is 0 Å². The topological polar surface area (TPSA) is 0 Å². The molecule has 0 bridgehead atoms. The Hall–Kier alpha value is -0.990. The minimum absolute atomic E-state index is 0.0961. The lowest BCUT2D eigenvalue weighted by Gasteiger charge is -2.26. The molecule has 0 aliphatic rings.